The highest BCUT2D eigenvalue weighted by atomic mass is 19.4. The van der Waals surface area contributed by atoms with E-state index in [4.69, 9.17) is 10.2 Å². The van der Waals surface area contributed by atoms with Gasteiger partial charge in [-0.15, -0.1) is 0 Å². The summed E-state index contributed by atoms with van der Waals surface area (Å²) in [5.74, 6) is -1.34. The number of aromatic hydroxyl groups is 2. The van der Waals surface area contributed by atoms with E-state index >= 15 is 0 Å². The molecule has 1 aromatic rings. The van der Waals surface area contributed by atoms with Crippen LogP contribution in [0.5, 0.6) is 11.5 Å². The molecular formula is C9H10F3NO2. The van der Waals surface area contributed by atoms with E-state index in [1.54, 1.807) is 0 Å². The third kappa shape index (κ3) is 2.53. The molecule has 1 aromatic carbocycles. The second-order valence-electron chi connectivity index (χ2n) is 3.03. The van der Waals surface area contributed by atoms with Crippen LogP contribution in [-0.4, -0.2) is 17.3 Å². The van der Waals surface area contributed by atoms with E-state index in [0.717, 1.165) is 6.07 Å². The number of alkyl halides is 3. The van der Waals surface area contributed by atoms with Gasteiger partial charge in [-0.1, -0.05) is 0 Å². The minimum absolute atomic E-state index is 0.0390. The van der Waals surface area contributed by atoms with Crippen LogP contribution in [0.1, 0.15) is 11.1 Å². The van der Waals surface area contributed by atoms with Gasteiger partial charge in [-0.3, -0.25) is 0 Å². The summed E-state index contributed by atoms with van der Waals surface area (Å²) < 4.78 is 37.4. The molecular weight excluding hydrogens is 211 g/mol. The summed E-state index contributed by atoms with van der Waals surface area (Å²) in [5, 5.41) is 20.6. The lowest BCUT2D eigenvalue weighted by atomic mass is 10.1. The van der Waals surface area contributed by atoms with Crippen LogP contribution in [0.3, 0.4) is 0 Å². The summed E-state index contributed by atoms with van der Waals surface area (Å²) in [7, 11) is 1.49. The zero-order valence-electron chi connectivity index (χ0n) is 7.89. The van der Waals surface area contributed by atoms with Crippen molar-refractivity contribution in [2.45, 2.75) is 12.7 Å². The first kappa shape index (κ1) is 11.6. The van der Waals surface area contributed by atoms with Crippen LogP contribution in [0.2, 0.25) is 0 Å². The van der Waals surface area contributed by atoms with Gasteiger partial charge in [0.05, 0.1) is 5.56 Å². The van der Waals surface area contributed by atoms with Crippen LogP contribution in [0.25, 0.3) is 0 Å². The topological polar surface area (TPSA) is 52.5 Å². The third-order valence-corrected chi connectivity index (χ3v) is 1.87. The molecule has 0 aromatic heterocycles. The Balaban J connectivity index is 3.28. The molecule has 15 heavy (non-hydrogen) atoms. The Hall–Kier alpha value is -1.43. The quantitative estimate of drug-likeness (QED) is 0.668. The summed E-state index contributed by atoms with van der Waals surface area (Å²) in [4.78, 5) is 0. The number of rotatable bonds is 2. The van der Waals surface area contributed by atoms with Crippen molar-refractivity contribution in [3.8, 4) is 11.5 Å². The number of hydrogen-bond acceptors (Lipinski definition) is 3. The summed E-state index contributed by atoms with van der Waals surface area (Å²) in [6.07, 6.45) is -4.54. The van der Waals surface area contributed by atoms with Crippen molar-refractivity contribution in [2.24, 2.45) is 0 Å². The van der Waals surface area contributed by atoms with Gasteiger partial charge >= 0.3 is 6.18 Å². The smallest absolute Gasteiger partial charge is 0.416 e. The van der Waals surface area contributed by atoms with Gasteiger partial charge in [0.1, 0.15) is 0 Å². The van der Waals surface area contributed by atoms with Crippen LogP contribution in [0, 0.1) is 0 Å². The Kier molecular flexibility index (Phi) is 3.09. The Morgan fingerprint density at radius 3 is 2.20 bits per heavy atom. The highest BCUT2D eigenvalue weighted by molar-refractivity contribution is 5.46. The number of hydrogen-bond donors (Lipinski definition) is 3. The van der Waals surface area contributed by atoms with E-state index < -0.39 is 23.2 Å². The minimum Gasteiger partial charge on any atom is -0.504 e. The lowest BCUT2D eigenvalue weighted by Gasteiger charge is -2.13. The first-order valence-corrected chi connectivity index (χ1v) is 4.13. The van der Waals surface area contributed by atoms with Crippen LogP contribution >= 0.6 is 0 Å². The summed E-state index contributed by atoms with van der Waals surface area (Å²) >= 11 is 0. The van der Waals surface area contributed by atoms with Gasteiger partial charge in [-0.05, 0) is 24.7 Å². The SMILES string of the molecule is CNCc1cc(O)c(O)cc1C(F)(F)F. The molecule has 1 rings (SSSR count). The van der Waals surface area contributed by atoms with Crippen molar-refractivity contribution in [2.75, 3.05) is 7.05 Å². The zero-order chi connectivity index (χ0) is 11.6. The Bertz CT molecular complexity index is 363. The molecule has 0 aliphatic carbocycles. The van der Waals surface area contributed by atoms with Crippen molar-refractivity contribution in [1.29, 1.82) is 0 Å². The van der Waals surface area contributed by atoms with Crippen LogP contribution in [0.15, 0.2) is 12.1 Å². The Morgan fingerprint density at radius 1 is 1.20 bits per heavy atom. The van der Waals surface area contributed by atoms with Crippen LogP contribution < -0.4 is 5.32 Å². The fraction of sp³-hybridized carbons (Fsp3) is 0.333. The number of benzene rings is 1. The van der Waals surface area contributed by atoms with Crippen LogP contribution in [0.4, 0.5) is 13.2 Å². The molecule has 0 saturated heterocycles. The largest absolute Gasteiger partial charge is 0.504 e. The molecule has 0 heterocycles. The molecule has 0 radical (unpaired) electrons. The molecule has 0 amide bonds. The van der Waals surface area contributed by atoms with Crippen molar-refractivity contribution in [3.63, 3.8) is 0 Å². The minimum atomic E-state index is -4.54. The third-order valence-electron chi connectivity index (χ3n) is 1.87. The van der Waals surface area contributed by atoms with Gasteiger partial charge < -0.3 is 15.5 Å². The van der Waals surface area contributed by atoms with Gasteiger partial charge in [-0.25, -0.2) is 0 Å². The molecule has 6 heteroatoms. The zero-order valence-corrected chi connectivity index (χ0v) is 7.89. The average Bonchev–Trinajstić information content (AvgIpc) is 2.09. The molecule has 3 nitrogen and oxygen atoms in total. The van der Waals surface area contributed by atoms with Gasteiger partial charge in [0, 0.05) is 6.54 Å². The maximum Gasteiger partial charge on any atom is 0.416 e. The van der Waals surface area contributed by atoms with E-state index in [-0.39, 0.29) is 12.1 Å². The lowest BCUT2D eigenvalue weighted by molar-refractivity contribution is -0.138. The number of halogens is 3. The average molecular weight is 221 g/mol. The first-order valence-electron chi connectivity index (χ1n) is 4.13. The standard InChI is InChI=1S/C9H10F3NO2/c1-13-4-5-2-7(14)8(15)3-6(5)9(10,11)12/h2-3,13-15H,4H2,1H3. The molecule has 0 bridgehead atoms. The van der Waals surface area contributed by atoms with Crippen molar-refractivity contribution >= 4 is 0 Å². The van der Waals surface area contributed by atoms with E-state index in [1.165, 1.54) is 7.05 Å². The summed E-state index contributed by atoms with van der Waals surface area (Å²) in [5.41, 5.74) is -1.06. The monoisotopic (exact) mass is 221 g/mol. The Morgan fingerprint density at radius 2 is 1.73 bits per heavy atom. The fourth-order valence-electron chi connectivity index (χ4n) is 1.22. The van der Waals surface area contributed by atoms with Crippen molar-refractivity contribution < 1.29 is 23.4 Å². The predicted molar refractivity (Wildman–Crippen MR) is 47.5 cm³/mol. The number of nitrogens with one attached hydrogen (secondary N) is 1. The summed E-state index contributed by atoms with van der Waals surface area (Å²) in [6, 6.07) is 1.41. The van der Waals surface area contributed by atoms with Crippen molar-refractivity contribution in [1.82, 2.24) is 5.32 Å². The molecule has 0 spiro atoms. The Labute approximate surface area is 84.2 Å². The molecule has 0 aliphatic heterocycles. The molecule has 84 valence electrons. The molecule has 0 saturated carbocycles. The summed E-state index contributed by atoms with van der Waals surface area (Å²) in [6.45, 7) is -0.0390. The highest BCUT2D eigenvalue weighted by Crippen LogP contribution is 2.37. The maximum absolute atomic E-state index is 12.5. The lowest BCUT2D eigenvalue weighted by Crippen LogP contribution is -2.14. The van der Waals surface area contributed by atoms with Gasteiger partial charge in [0.15, 0.2) is 11.5 Å². The van der Waals surface area contributed by atoms with E-state index in [9.17, 15) is 13.2 Å². The highest BCUT2D eigenvalue weighted by Gasteiger charge is 2.34. The molecule has 0 fully saturated rings. The first-order chi connectivity index (χ1) is 6.86. The molecule has 0 atom stereocenters. The molecule has 0 aliphatic rings. The van der Waals surface area contributed by atoms with Gasteiger partial charge in [0.2, 0.25) is 0 Å². The number of phenolic OH excluding ortho intramolecular Hbond substituents is 2. The van der Waals surface area contributed by atoms with E-state index in [0.29, 0.717) is 6.07 Å². The fourth-order valence-corrected chi connectivity index (χ4v) is 1.22. The molecule has 3 N–H and O–H groups in total. The van der Waals surface area contributed by atoms with Gasteiger partial charge in [0.25, 0.3) is 0 Å². The van der Waals surface area contributed by atoms with Gasteiger partial charge in [-0.2, -0.15) is 13.2 Å². The predicted octanol–water partition coefficient (Wildman–Crippen LogP) is 1.84. The second kappa shape index (κ2) is 3.98. The second-order valence-corrected chi connectivity index (χ2v) is 3.03. The van der Waals surface area contributed by atoms with E-state index in [1.807, 2.05) is 0 Å². The maximum atomic E-state index is 12.5. The van der Waals surface area contributed by atoms with Crippen LogP contribution in [-0.2, 0) is 12.7 Å². The molecule has 0 unspecified atom stereocenters. The number of phenols is 2. The van der Waals surface area contributed by atoms with E-state index in [2.05, 4.69) is 5.32 Å². The van der Waals surface area contributed by atoms with Crippen molar-refractivity contribution in [3.05, 3.63) is 23.3 Å². The normalized spacial score (nSPS) is 11.7.